The number of anilines is 1. The van der Waals surface area contributed by atoms with Crippen molar-refractivity contribution in [2.45, 2.75) is 32.4 Å². The summed E-state index contributed by atoms with van der Waals surface area (Å²) in [4.78, 5) is 24.7. The Labute approximate surface area is 139 Å². The Balaban J connectivity index is 1.61. The fourth-order valence-electron chi connectivity index (χ4n) is 2.65. The van der Waals surface area contributed by atoms with Crippen LogP contribution in [0.25, 0.3) is 0 Å². The second-order valence-corrected chi connectivity index (χ2v) is 6.70. The molecule has 3 N–H and O–H groups in total. The molecule has 2 heterocycles. The number of rotatable bonds is 4. The highest BCUT2D eigenvalue weighted by molar-refractivity contribution is 7.10. The zero-order valence-corrected chi connectivity index (χ0v) is 13.9. The van der Waals surface area contributed by atoms with E-state index in [0.29, 0.717) is 6.42 Å². The Bertz CT molecular complexity index is 727. The first-order chi connectivity index (χ1) is 11.0. The molecule has 0 spiro atoms. The summed E-state index contributed by atoms with van der Waals surface area (Å²) in [6.07, 6.45) is 0.400. The lowest BCUT2D eigenvalue weighted by Crippen LogP contribution is -2.38. The van der Waals surface area contributed by atoms with Gasteiger partial charge in [0.15, 0.2) is 0 Å². The molecule has 1 aromatic heterocycles. The summed E-state index contributed by atoms with van der Waals surface area (Å²) in [5.41, 5.74) is 2.83. The number of benzene rings is 1. The van der Waals surface area contributed by atoms with Crippen LogP contribution in [-0.2, 0) is 11.2 Å². The van der Waals surface area contributed by atoms with Crippen molar-refractivity contribution >= 4 is 29.0 Å². The highest BCUT2D eigenvalue weighted by Crippen LogP contribution is 2.26. The van der Waals surface area contributed by atoms with E-state index in [4.69, 9.17) is 0 Å². The van der Waals surface area contributed by atoms with Crippen LogP contribution >= 0.6 is 11.3 Å². The van der Waals surface area contributed by atoms with Gasteiger partial charge in [0, 0.05) is 10.6 Å². The minimum absolute atomic E-state index is 0.0141. The maximum absolute atomic E-state index is 12.1. The molecule has 3 rings (SSSR count). The minimum atomic E-state index is -0.201. The van der Waals surface area contributed by atoms with Gasteiger partial charge in [-0.2, -0.15) is 0 Å². The molecule has 5 nitrogen and oxygen atoms in total. The fourth-order valence-corrected chi connectivity index (χ4v) is 3.38. The van der Waals surface area contributed by atoms with Crippen LogP contribution in [0.15, 0.2) is 35.7 Å². The third-order valence-electron chi connectivity index (χ3n) is 3.92. The normalized spacial score (nSPS) is 15.5. The summed E-state index contributed by atoms with van der Waals surface area (Å²) in [7, 11) is 0. The van der Waals surface area contributed by atoms with Gasteiger partial charge in [-0.25, -0.2) is 4.79 Å². The maximum atomic E-state index is 12.1. The molecular formula is C17H19N3O2S. The van der Waals surface area contributed by atoms with Crippen molar-refractivity contribution in [1.29, 1.82) is 0 Å². The van der Waals surface area contributed by atoms with Gasteiger partial charge in [0.2, 0.25) is 5.91 Å². The van der Waals surface area contributed by atoms with Crippen molar-refractivity contribution in [1.82, 2.24) is 10.6 Å². The molecule has 0 bridgehead atoms. The van der Waals surface area contributed by atoms with E-state index in [1.165, 1.54) is 0 Å². The third kappa shape index (κ3) is 3.53. The third-order valence-corrected chi connectivity index (χ3v) is 4.97. The van der Waals surface area contributed by atoms with E-state index in [0.717, 1.165) is 21.7 Å². The second-order valence-electron chi connectivity index (χ2n) is 5.72. The van der Waals surface area contributed by atoms with E-state index in [9.17, 15) is 9.59 Å². The number of carbonyl (C=O) groups is 2. The predicted octanol–water partition coefficient (Wildman–Crippen LogP) is 3.36. The van der Waals surface area contributed by atoms with E-state index < -0.39 is 0 Å². The zero-order chi connectivity index (χ0) is 16.4. The van der Waals surface area contributed by atoms with Gasteiger partial charge in [0.25, 0.3) is 0 Å². The molecule has 0 saturated heterocycles. The van der Waals surface area contributed by atoms with Gasteiger partial charge < -0.3 is 16.0 Å². The Morgan fingerprint density at radius 2 is 2.00 bits per heavy atom. The van der Waals surface area contributed by atoms with Gasteiger partial charge in [-0.3, -0.25) is 4.79 Å². The lowest BCUT2D eigenvalue weighted by molar-refractivity contribution is -0.115. The number of urea groups is 1. The molecule has 1 aliphatic heterocycles. The molecule has 0 saturated carbocycles. The van der Waals surface area contributed by atoms with Crippen LogP contribution < -0.4 is 16.0 Å². The summed E-state index contributed by atoms with van der Waals surface area (Å²) in [5.74, 6) is 0.0141. The van der Waals surface area contributed by atoms with Crippen molar-refractivity contribution in [2.75, 3.05) is 5.32 Å². The molecule has 0 radical (unpaired) electrons. The van der Waals surface area contributed by atoms with Crippen molar-refractivity contribution in [2.24, 2.45) is 0 Å². The topological polar surface area (TPSA) is 70.2 Å². The highest BCUT2D eigenvalue weighted by atomic mass is 32.1. The Morgan fingerprint density at radius 3 is 2.74 bits per heavy atom. The summed E-state index contributed by atoms with van der Waals surface area (Å²) in [6.45, 7) is 3.89. The maximum Gasteiger partial charge on any atom is 0.315 e. The van der Waals surface area contributed by atoms with Crippen LogP contribution in [0.5, 0.6) is 0 Å². The first-order valence-electron chi connectivity index (χ1n) is 7.56. The van der Waals surface area contributed by atoms with E-state index in [2.05, 4.69) is 16.0 Å². The molecule has 0 fully saturated rings. The highest BCUT2D eigenvalue weighted by Gasteiger charge is 2.19. The zero-order valence-electron chi connectivity index (χ0n) is 13.1. The Morgan fingerprint density at radius 1 is 1.22 bits per heavy atom. The number of nitrogens with one attached hydrogen (secondary N) is 3. The van der Waals surface area contributed by atoms with Gasteiger partial charge in [0.1, 0.15) is 0 Å². The van der Waals surface area contributed by atoms with Crippen LogP contribution in [0.1, 0.15) is 41.9 Å². The van der Waals surface area contributed by atoms with E-state index in [1.54, 1.807) is 11.3 Å². The van der Waals surface area contributed by atoms with Crippen molar-refractivity contribution < 1.29 is 9.59 Å². The van der Waals surface area contributed by atoms with E-state index in [1.807, 2.05) is 49.6 Å². The number of amides is 3. The van der Waals surface area contributed by atoms with Crippen LogP contribution in [0.3, 0.4) is 0 Å². The van der Waals surface area contributed by atoms with Crippen LogP contribution in [-0.4, -0.2) is 11.9 Å². The molecule has 6 heteroatoms. The average molecular weight is 329 g/mol. The van der Waals surface area contributed by atoms with Crippen molar-refractivity contribution in [3.8, 4) is 0 Å². The first kappa shape index (κ1) is 15.6. The molecule has 2 aromatic rings. The fraction of sp³-hybridized carbons (Fsp3) is 0.294. The standard InChI is InChI=1S/C17H19N3O2S/c1-10(12-5-6-14-13(8-12)9-16(21)20-14)18-17(22)19-11(2)15-4-3-7-23-15/h3-8,10-11H,9H2,1-2H3,(H,20,21)(H2,18,19,22)/t10-,11-/m1/s1. The lowest BCUT2D eigenvalue weighted by atomic mass is 10.0. The molecule has 23 heavy (non-hydrogen) atoms. The molecule has 2 atom stereocenters. The molecule has 1 aromatic carbocycles. The number of hydrogen-bond donors (Lipinski definition) is 3. The summed E-state index contributed by atoms with van der Waals surface area (Å²) in [5, 5.41) is 10.7. The molecule has 1 aliphatic rings. The van der Waals surface area contributed by atoms with Gasteiger partial charge >= 0.3 is 6.03 Å². The smallest absolute Gasteiger partial charge is 0.315 e. The molecule has 3 amide bonds. The first-order valence-corrected chi connectivity index (χ1v) is 8.44. The molecular weight excluding hydrogens is 310 g/mol. The molecule has 0 aliphatic carbocycles. The monoisotopic (exact) mass is 329 g/mol. The molecule has 120 valence electrons. The Hall–Kier alpha value is -2.34. The van der Waals surface area contributed by atoms with Gasteiger partial charge in [0.05, 0.1) is 18.5 Å². The van der Waals surface area contributed by atoms with Crippen molar-refractivity contribution in [3.63, 3.8) is 0 Å². The van der Waals surface area contributed by atoms with Gasteiger partial charge in [-0.05, 0) is 42.5 Å². The summed E-state index contributed by atoms with van der Waals surface area (Å²) >= 11 is 1.62. The number of hydrogen-bond acceptors (Lipinski definition) is 3. The Kier molecular flexibility index (Phi) is 4.34. The van der Waals surface area contributed by atoms with E-state index in [-0.39, 0.29) is 24.0 Å². The van der Waals surface area contributed by atoms with Crippen LogP contribution in [0.4, 0.5) is 10.5 Å². The number of carbonyl (C=O) groups excluding carboxylic acids is 2. The molecule has 0 unspecified atom stereocenters. The van der Waals surface area contributed by atoms with Crippen molar-refractivity contribution in [3.05, 3.63) is 51.7 Å². The minimum Gasteiger partial charge on any atom is -0.332 e. The summed E-state index contributed by atoms with van der Waals surface area (Å²) in [6, 6.07) is 9.41. The number of fused-ring (bicyclic) bond motifs is 1. The van der Waals surface area contributed by atoms with E-state index >= 15 is 0 Å². The van der Waals surface area contributed by atoms with Gasteiger partial charge in [-0.1, -0.05) is 18.2 Å². The quantitative estimate of drug-likeness (QED) is 0.805. The second kappa shape index (κ2) is 6.42. The van der Waals surface area contributed by atoms with Crippen LogP contribution in [0.2, 0.25) is 0 Å². The average Bonchev–Trinajstić information content (AvgIpc) is 3.14. The lowest BCUT2D eigenvalue weighted by Gasteiger charge is -2.18. The predicted molar refractivity (Wildman–Crippen MR) is 91.6 cm³/mol. The SMILES string of the molecule is C[C@@H](NC(=O)N[C@H](C)c1cccs1)c1ccc2c(c1)CC(=O)N2. The van der Waals surface area contributed by atoms with Gasteiger partial charge in [-0.15, -0.1) is 11.3 Å². The largest absolute Gasteiger partial charge is 0.332 e. The summed E-state index contributed by atoms with van der Waals surface area (Å²) < 4.78 is 0. The van der Waals surface area contributed by atoms with Crippen LogP contribution in [0, 0.1) is 0 Å². The number of thiophene rings is 1.